The molecule has 0 saturated carbocycles. The van der Waals surface area contributed by atoms with Crippen molar-refractivity contribution in [1.82, 2.24) is 10.3 Å². The average molecular weight is 449 g/mol. The Labute approximate surface area is 167 Å². The number of nitrogens with zero attached hydrogens (tertiary/aromatic N) is 1. The third-order valence-electron chi connectivity index (χ3n) is 3.97. The molecule has 7 heteroatoms. The van der Waals surface area contributed by atoms with Crippen molar-refractivity contribution in [3.8, 4) is 0 Å². The van der Waals surface area contributed by atoms with Gasteiger partial charge in [-0.1, -0.05) is 0 Å². The van der Waals surface area contributed by atoms with E-state index in [1.807, 2.05) is 30.3 Å². The summed E-state index contributed by atoms with van der Waals surface area (Å²) in [6.07, 6.45) is -2.85. The Morgan fingerprint density at radius 2 is 1.71 bits per heavy atom. The predicted molar refractivity (Wildman–Crippen MR) is 103 cm³/mol. The van der Waals surface area contributed by atoms with Crippen LogP contribution in [0.15, 0.2) is 72.9 Å². The van der Waals surface area contributed by atoms with Crippen LogP contribution in [0, 0.1) is 0 Å². The van der Waals surface area contributed by atoms with Crippen molar-refractivity contribution < 1.29 is 18.0 Å². The van der Waals surface area contributed by atoms with E-state index in [0.717, 1.165) is 10.5 Å². The zero-order valence-electron chi connectivity index (χ0n) is 14.7. The average Bonchev–Trinajstić information content (AvgIpc) is 2.69. The number of carbonyl (C=O) groups excluding carboxylic acids is 1. The summed E-state index contributed by atoms with van der Waals surface area (Å²) >= 11 is -0.261. The van der Waals surface area contributed by atoms with E-state index >= 15 is 0 Å². The summed E-state index contributed by atoms with van der Waals surface area (Å²) in [7, 11) is 0. The molecule has 3 aromatic rings. The Bertz CT molecular complexity index is 931. The van der Waals surface area contributed by atoms with E-state index in [0.29, 0.717) is 4.46 Å². The topological polar surface area (TPSA) is 42.0 Å². The van der Waals surface area contributed by atoms with E-state index < -0.39 is 17.6 Å². The zero-order chi connectivity index (χ0) is 20.0. The first kappa shape index (κ1) is 20.1. The second-order valence-corrected chi connectivity index (χ2v) is 8.26. The zero-order valence-corrected chi connectivity index (χ0v) is 16.5. The second-order valence-electron chi connectivity index (χ2n) is 5.92. The van der Waals surface area contributed by atoms with Crippen LogP contribution in [0.3, 0.4) is 0 Å². The van der Waals surface area contributed by atoms with Crippen molar-refractivity contribution in [2.45, 2.75) is 12.6 Å². The van der Waals surface area contributed by atoms with Crippen LogP contribution in [-0.4, -0.2) is 32.4 Å². The molecule has 1 aromatic heterocycles. The Balaban J connectivity index is 1.80. The molecule has 0 aliphatic carbocycles. The maximum atomic E-state index is 13.5. The second kappa shape index (κ2) is 9.04. The van der Waals surface area contributed by atoms with Gasteiger partial charge in [0.25, 0.3) is 0 Å². The summed E-state index contributed by atoms with van der Waals surface area (Å²) in [5.74, 6) is -0.403. The van der Waals surface area contributed by atoms with Crippen molar-refractivity contribution in [1.29, 1.82) is 0 Å². The molecule has 0 saturated heterocycles. The quantitative estimate of drug-likeness (QED) is 0.589. The van der Waals surface area contributed by atoms with Gasteiger partial charge >= 0.3 is 167 Å². The molecule has 144 valence electrons. The Hall–Kier alpha value is -2.63. The van der Waals surface area contributed by atoms with Gasteiger partial charge in [0, 0.05) is 0 Å². The fourth-order valence-corrected chi connectivity index (χ4v) is 4.85. The molecule has 0 bridgehead atoms. The van der Waals surface area contributed by atoms with Crippen LogP contribution in [-0.2, 0) is 12.6 Å². The number of aromatic nitrogens is 1. The van der Waals surface area contributed by atoms with Gasteiger partial charge in [-0.15, -0.1) is 0 Å². The van der Waals surface area contributed by atoms with Crippen molar-refractivity contribution in [2.75, 3.05) is 6.54 Å². The van der Waals surface area contributed by atoms with E-state index in [1.54, 1.807) is 24.3 Å². The number of amides is 1. The molecule has 0 aliphatic heterocycles. The van der Waals surface area contributed by atoms with Gasteiger partial charge in [0.05, 0.1) is 0 Å². The molecule has 0 aliphatic rings. The number of alkyl halides is 3. The van der Waals surface area contributed by atoms with Gasteiger partial charge in [0.1, 0.15) is 0 Å². The van der Waals surface area contributed by atoms with Gasteiger partial charge in [-0.25, -0.2) is 0 Å². The minimum atomic E-state index is -4.44. The van der Waals surface area contributed by atoms with Gasteiger partial charge < -0.3 is 0 Å². The number of hydrogen-bond acceptors (Lipinski definition) is 2. The van der Waals surface area contributed by atoms with Crippen LogP contribution in [0.2, 0.25) is 0 Å². The van der Waals surface area contributed by atoms with Crippen LogP contribution < -0.4 is 14.2 Å². The SMILES string of the molecule is O=C(NCCc1c([Se]c2ccccc2)cccc1C(F)(F)F)c1ccccn1. The summed E-state index contributed by atoms with van der Waals surface area (Å²) in [6.45, 7) is 0.0976. The van der Waals surface area contributed by atoms with Crippen LogP contribution in [0.1, 0.15) is 21.6 Å². The maximum absolute atomic E-state index is 13.5. The first-order chi connectivity index (χ1) is 13.4. The van der Waals surface area contributed by atoms with Crippen molar-refractivity contribution >= 4 is 29.8 Å². The molecular formula is C21H17F3N2OSe. The van der Waals surface area contributed by atoms with Crippen molar-refractivity contribution in [3.63, 3.8) is 0 Å². The molecular weight excluding hydrogens is 432 g/mol. The fraction of sp³-hybridized carbons (Fsp3) is 0.143. The molecule has 0 fully saturated rings. The summed E-state index contributed by atoms with van der Waals surface area (Å²) in [5, 5.41) is 2.66. The molecule has 1 N–H and O–H groups in total. The van der Waals surface area contributed by atoms with Crippen LogP contribution in [0.5, 0.6) is 0 Å². The number of rotatable bonds is 6. The van der Waals surface area contributed by atoms with Crippen LogP contribution >= 0.6 is 0 Å². The normalized spacial score (nSPS) is 11.2. The van der Waals surface area contributed by atoms with E-state index in [2.05, 4.69) is 10.3 Å². The first-order valence-electron chi connectivity index (χ1n) is 8.56. The molecule has 2 aromatic carbocycles. The summed E-state index contributed by atoms with van der Waals surface area (Å²) in [6, 6.07) is 18.6. The molecule has 0 radical (unpaired) electrons. The number of hydrogen-bond donors (Lipinski definition) is 1. The van der Waals surface area contributed by atoms with Crippen LogP contribution in [0.25, 0.3) is 0 Å². The summed E-state index contributed by atoms with van der Waals surface area (Å²) in [5.41, 5.74) is -0.171. The molecule has 1 amide bonds. The van der Waals surface area contributed by atoms with E-state index in [4.69, 9.17) is 0 Å². The van der Waals surface area contributed by atoms with E-state index in [1.165, 1.54) is 12.3 Å². The van der Waals surface area contributed by atoms with Gasteiger partial charge in [-0.2, -0.15) is 0 Å². The van der Waals surface area contributed by atoms with E-state index in [9.17, 15) is 18.0 Å². The number of nitrogens with one attached hydrogen (secondary N) is 1. The van der Waals surface area contributed by atoms with Crippen molar-refractivity contribution in [3.05, 3.63) is 89.7 Å². The summed E-state index contributed by atoms with van der Waals surface area (Å²) in [4.78, 5) is 16.0. The number of carbonyl (C=O) groups is 1. The number of halogens is 3. The first-order valence-corrected chi connectivity index (χ1v) is 10.3. The Morgan fingerprint density at radius 1 is 0.964 bits per heavy atom. The molecule has 3 rings (SSSR count). The third kappa shape index (κ3) is 5.21. The molecule has 0 spiro atoms. The van der Waals surface area contributed by atoms with Crippen molar-refractivity contribution in [2.24, 2.45) is 0 Å². The molecule has 3 nitrogen and oxygen atoms in total. The Morgan fingerprint density at radius 3 is 2.39 bits per heavy atom. The van der Waals surface area contributed by atoms with Gasteiger partial charge in [-0.05, 0) is 0 Å². The fourth-order valence-electron chi connectivity index (χ4n) is 2.69. The van der Waals surface area contributed by atoms with Gasteiger partial charge in [-0.3, -0.25) is 0 Å². The minimum absolute atomic E-state index is 0.0954. The molecule has 1 heterocycles. The standard InChI is InChI=1S/C21H17F3N2OSe/c22-21(23,24)17-9-6-11-19(28-15-7-2-1-3-8-15)16(17)12-14-26-20(27)18-10-4-5-13-25-18/h1-11,13H,12,14H2,(H,26,27). The monoisotopic (exact) mass is 450 g/mol. The van der Waals surface area contributed by atoms with E-state index in [-0.39, 0.29) is 39.2 Å². The number of pyridine rings is 1. The van der Waals surface area contributed by atoms with Gasteiger partial charge in [0.2, 0.25) is 0 Å². The molecule has 28 heavy (non-hydrogen) atoms. The van der Waals surface area contributed by atoms with Gasteiger partial charge in [0.15, 0.2) is 0 Å². The molecule has 0 atom stereocenters. The molecule has 0 unspecified atom stereocenters. The number of benzene rings is 2. The summed E-state index contributed by atoms with van der Waals surface area (Å²) < 4.78 is 42.2. The van der Waals surface area contributed by atoms with Crippen LogP contribution in [0.4, 0.5) is 13.2 Å². The third-order valence-corrected chi connectivity index (χ3v) is 6.30. The predicted octanol–water partition coefficient (Wildman–Crippen LogP) is 2.73. The Kier molecular flexibility index (Phi) is 6.49.